The van der Waals surface area contributed by atoms with Crippen LogP contribution < -0.4 is 5.32 Å². The Bertz CT molecular complexity index is 394. The largest absolute Gasteiger partial charge is 0.481 e. The Kier molecular flexibility index (Phi) is 3.92. The first-order valence-electron chi connectivity index (χ1n) is 6.50. The van der Waals surface area contributed by atoms with Crippen molar-refractivity contribution in [3.8, 4) is 0 Å². The van der Waals surface area contributed by atoms with Gasteiger partial charge in [0.2, 0.25) is 5.91 Å². The van der Waals surface area contributed by atoms with Gasteiger partial charge < -0.3 is 20.2 Å². The molecule has 1 aliphatic heterocycles. The molecule has 0 aromatic heterocycles. The summed E-state index contributed by atoms with van der Waals surface area (Å²) in [7, 11) is 1.55. The molecule has 0 aromatic carbocycles. The number of hydrogen-bond acceptors (Lipinski definition) is 3. The fraction of sp³-hybridized carbons (Fsp3) is 0.750. The maximum absolute atomic E-state index is 11.8. The number of nitrogens with one attached hydrogen (secondary N) is 1. The summed E-state index contributed by atoms with van der Waals surface area (Å²) < 4.78 is 0. The van der Waals surface area contributed by atoms with E-state index in [2.05, 4.69) is 5.32 Å². The Morgan fingerprint density at radius 1 is 1.47 bits per heavy atom. The van der Waals surface area contributed by atoms with E-state index in [9.17, 15) is 14.4 Å². The first-order valence-corrected chi connectivity index (χ1v) is 6.50. The zero-order chi connectivity index (χ0) is 14.0. The van der Waals surface area contributed by atoms with Gasteiger partial charge in [-0.05, 0) is 12.8 Å². The van der Waals surface area contributed by atoms with E-state index in [4.69, 9.17) is 5.11 Å². The average Bonchev–Trinajstić information content (AvgIpc) is 3.11. The van der Waals surface area contributed by atoms with Gasteiger partial charge in [-0.15, -0.1) is 0 Å². The molecule has 7 heteroatoms. The van der Waals surface area contributed by atoms with Crippen LogP contribution in [0, 0.1) is 0 Å². The molecule has 0 spiro atoms. The number of rotatable bonds is 5. The Morgan fingerprint density at radius 2 is 2.16 bits per heavy atom. The molecule has 2 fully saturated rings. The van der Waals surface area contributed by atoms with Crippen molar-refractivity contribution in [1.82, 2.24) is 15.1 Å². The van der Waals surface area contributed by atoms with E-state index in [1.807, 2.05) is 4.90 Å². The summed E-state index contributed by atoms with van der Waals surface area (Å²) in [5, 5.41) is 11.3. The predicted molar refractivity (Wildman–Crippen MR) is 66.6 cm³/mol. The van der Waals surface area contributed by atoms with Gasteiger partial charge in [0.1, 0.15) is 0 Å². The topological polar surface area (TPSA) is 90.0 Å². The maximum Gasteiger partial charge on any atom is 0.317 e. The van der Waals surface area contributed by atoms with E-state index in [1.54, 1.807) is 7.05 Å². The van der Waals surface area contributed by atoms with Crippen LogP contribution in [0.25, 0.3) is 0 Å². The zero-order valence-corrected chi connectivity index (χ0v) is 11.0. The normalized spacial score (nSPS) is 22.5. The lowest BCUT2D eigenvalue weighted by Gasteiger charge is -2.20. The number of carboxylic acids is 1. The Hall–Kier alpha value is -1.79. The number of likely N-dealkylation sites (tertiary alicyclic amines) is 1. The van der Waals surface area contributed by atoms with E-state index in [0.717, 1.165) is 12.8 Å². The van der Waals surface area contributed by atoms with Gasteiger partial charge in [0, 0.05) is 32.6 Å². The van der Waals surface area contributed by atoms with Crippen molar-refractivity contribution in [2.24, 2.45) is 0 Å². The molecule has 2 N–H and O–H groups in total. The molecule has 0 radical (unpaired) electrons. The first kappa shape index (κ1) is 13.6. The van der Waals surface area contributed by atoms with Gasteiger partial charge >= 0.3 is 12.0 Å². The quantitative estimate of drug-likeness (QED) is 0.727. The number of carbonyl (C=O) groups excluding carboxylic acids is 2. The van der Waals surface area contributed by atoms with Gasteiger partial charge in [-0.3, -0.25) is 9.59 Å². The van der Waals surface area contributed by atoms with Crippen LogP contribution in [0.5, 0.6) is 0 Å². The summed E-state index contributed by atoms with van der Waals surface area (Å²) in [5.74, 6) is -0.836. The highest BCUT2D eigenvalue weighted by Gasteiger charge is 2.39. The van der Waals surface area contributed by atoms with Crippen molar-refractivity contribution in [3.63, 3.8) is 0 Å². The molecular formula is C12H19N3O4. The van der Waals surface area contributed by atoms with E-state index < -0.39 is 5.97 Å². The molecule has 1 saturated carbocycles. The summed E-state index contributed by atoms with van der Waals surface area (Å²) in [6.07, 6.45) is 2.38. The highest BCUT2D eigenvalue weighted by atomic mass is 16.4. The molecule has 1 heterocycles. The lowest BCUT2D eigenvalue weighted by Crippen LogP contribution is -2.44. The number of carbonyl (C=O) groups is 3. The minimum absolute atomic E-state index is 0.0816. The van der Waals surface area contributed by atoms with Crippen molar-refractivity contribution >= 4 is 17.9 Å². The standard InChI is InChI=1S/C12H19N3O4/c1-14(5-4-11(17)18)12(19)13-8-6-10(16)15(7-8)9-2-3-9/h8-9H,2-7H2,1H3,(H,13,19)(H,17,18). The van der Waals surface area contributed by atoms with E-state index in [-0.39, 0.29) is 30.9 Å². The summed E-state index contributed by atoms with van der Waals surface area (Å²) in [6, 6.07) is -0.108. The summed E-state index contributed by atoms with van der Waals surface area (Å²) in [5.41, 5.74) is 0. The van der Waals surface area contributed by atoms with Crippen molar-refractivity contribution in [1.29, 1.82) is 0 Å². The van der Waals surface area contributed by atoms with Crippen LogP contribution in [0.1, 0.15) is 25.7 Å². The van der Waals surface area contributed by atoms with Crippen molar-refractivity contribution in [2.45, 2.75) is 37.8 Å². The van der Waals surface area contributed by atoms with Crippen LogP contribution in [0.4, 0.5) is 4.79 Å². The highest BCUT2D eigenvalue weighted by molar-refractivity contribution is 5.82. The summed E-state index contributed by atoms with van der Waals surface area (Å²) in [6.45, 7) is 0.732. The van der Waals surface area contributed by atoms with Crippen LogP contribution in [0.3, 0.4) is 0 Å². The molecule has 1 unspecified atom stereocenters. The molecule has 2 rings (SSSR count). The van der Waals surface area contributed by atoms with Gasteiger partial charge in [0.15, 0.2) is 0 Å². The minimum Gasteiger partial charge on any atom is -0.481 e. The number of aliphatic carboxylic acids is 1. The molecule has 106 valence electrons. The van der Waals surface area contributed by atoms with Gasteiger partial charge in [-0.1, -0.05) is 0 Å². The Morgan fingerprint density at radius 3 is 2.74 bits per heavy atom. The molecule has 2 aliphatic rings. The molecule has 1 atom stereocenters. The molecule has 3 amide bonds. The SMILES string of the molecule is CN(CCC(=O)O)C(=O)NC1CC(=O)N(C2CC2)C1. The van der Waals surface area contributed by atoms with Crippen LogP contribution in [0.15, 0.2) is 0 Å². The number of amides is 3. The second kappa shape index (κ2) is 5.46. The molecular weight excluding hydrogens is 250 g/mol. The minimum atomic E-state index is -0.935. The molecule has 0 bridgehead atoms. The third-order valence-electron chi connectivity index (χ3n) is 3.48. The van der Waals surface area contributed by atoms with Crippen LogP contribution in [0.2, 0.25) is 0 Å². The summed E-state index contributed by atoms with van der Waals surface area (Å²) >= 11 is 0. The fourth-order valence-corrected chi connectivity index (χ4v) is 2.22. The fourth-order valence-electron chi connectivity index (χ4n) is 2.22. The van der Waals surface area contributed by atoms with Crippen molar-refractivity contribution in [2.75, 3.05) is 20.1 Å². The molecule has 19 heavy (non-hydrogen) atoms. The van der Waals surface area contributed by atoms with Crippen molar-refractivity contribution < 1.29 is 19.5 Å². The van der Waals surface area contributed by atoms with E-state index >= 15 is 0 Å². The number of nitrogens with zero attached hydrogens (tertiary/aromatic N) is 2. The van der Waals surface area contributed by atoms with Crippen LogP contribution in [-0.2, 0) is 9.59 Å². The second-order valence-corrected chi connectivity index (χ2v) is 5.19. The third-order valence-corrected chi connectivity index (χ3v) is 3.48. The molecule has 1 saturated heterocycles. The molecule has 0 aromatic rings. The van der Waals surface area contributed by atoms with Crippen LogP contribution >= 0.6 is 0 Å². The van der Waals surface area contributed by atoms with Gasteiger partial charge in [-0.2, -0.15) is 0 Å². The predicted octanol–water partition coefficient (Wildman–Crippen LogP) is -0.134. The Labute approximate surface area is 111 Å². The Balaban J connectivity index is 1.76. The number of hydrogen-bond donors (Lipinski definition) is 2. The van der Waals surface area contributed by atoms with E-state index in [0.29, 0.717) is 19.0 Å². The average molecular weight is 269 g/mol. The van der Waals surface area contributed by atoms with E-state index in [1.165, 1.54) is 4.90 Å². The lowest BCUT2D eigenvalue weighted by molar-refractivity contribution is -0.137. The number of urea groups is 1. The van der Waals surface area contributed by atoms with Crippen LogP contribution in [-0.4, -0.2) is 65.0 Å². The smallest absolute Gasteiger partial charge is 0.317 e. The lowest BCUT2D eigenvalue weighted by atomic mass is 10.2. The molecule has 1 aliphatic carbocycles. The van der Waals surface area contributed by atoms with Gasteiger partial charge in [0.05, 0.1) is 12.5 Å². The van der Waals surface area contributed by atoms with Gasteiger partial charge in [-0.25, -0.2) is 4.79 Å². The highest BCUT2D eigenvalue weighted by Crippen LogP contribution is 2.30. The second-order valence-electron chi connectivity index (χ2n) is 5.19. The maximum atomic E-state index is 11.8. The monoisotopic (exact) mass is 269 g/mol. The molecule has 7 nitrogen and oxygen atoms in total. The zero-order valence-electron chi connectivity index (χ0n) is 11.0. The first-order chi connectivity index (χ1) is 8.97. The summed E-state index contributed by atoms with van der Waals surface area (Å²) in [4.78, 5) is 37.1. The van der Waals surface area contributed by atoms with Crippen molar-refractivity contribution in [3.05, 3.63) is 0 Å². The van der Waals surface area contributed by atoms with Gasteiger partial charge in [0.25, 0.3) is 0 Å². The third kappa shape index (κ3) is 3.59. The number of carboxylic acid groups (broad SMARTS) is 1.